The fraction of sp³-hybridized carbons (Fsp3) is 0.923. The molecular formula is C13H25N3OS. The van der Waals surface area contributed by atoms with Crippen molar-refractivity contribution in [1.29, 1.82) is 0 Å². The maximum absolute atomic E-state index is 5.34. The monoisotopic (exact) mass is 271 g/mol. The molecule has 2 aliphatic rings. The number of rotatable bonds is 5. The Morgan fingerprint density at radius 3 is 2.89 bits per heavy atom. The lowest BCUT2D eigenvalue weighted by atomic mass is 10.1. The summed E-state index contributed by atoms with van der Waals surface area (Å²) in [5.74, 6) is 1.86. The van der Waals surface area contributed by atoms with Crippen LogP contribution in [0.25, 0.3) is 0 Å². The molecule has 0 radical (unpaired) electrons. The Kier molecular flexibility index (Phi) is 5.79. The zero-order valence-corrected chi connectivity index (χ0v) is 12.3. The van der Waals surface area contributed by atoms with Gasteiger partial charge in [-0.05, 0) is 12.3 Å². The van der Waals surface area contributed by atoms with Crippen molar-refractivity contribution in [3.05, 3.63) is 0 Å². The van der Waals surface area contributed by atoms with Gasteiger partial charge >= 0.3 is 0 Å². The van der Waals surface area contributed by atoms with Gasteiger partial charge in [0.2, 0.25) is 0 Å². The van der Waals surface area contributed by atoms with E-state index in [0.29, 0.717) is 12.0 Å². The highest BCUT2D eigenvalue weighted by atomic mass is 32.2. The molecule has 2 heterocycles. The highest BCUT2D eigenvalue weighted by molar-refractivity contribution is 8.14. The van der Waals surface area contributed by atoms with Gasteiger partial charge in [0.05, 0.1) is 13.2 Å². The average molecular weight is 271 g/mol. The van der Waals surface area contributed by atoms with Gasteiger partial charge in [-0.25, -0.2) is 0 Å². The van der Waals surface area contributed by atoms with Crippen molar-refractivity contribution in [3.63, 3.8) is 0 Å². The zero-order valence-electron chi connectivity index (χ0n) is 11.5. The van der Waals surface area contributed by atoms with Crippen molar-refractivity contribution in [1.82, 2.24) is 10.2 Å². The molecule has 0 saturated carbocycles. The molecule has 1 N–H and O–H groups in total. The van der Waals surface area contributed by atoms with Gasteiger partial charge in [0.1, 0.15) is 0 Å². The quantitative estimate of drug-likeness (QED) is 0.768. The standard InChI is InChI=1S/C13H25N3OS/c1-11(2)12-10-18-13(15-12)14-4-3-5-16-6-8-17-9-7-16/h11-12H,3-10H2,1-2H3,(H,14,15)/t12-/m1/s1. The number of nitrogens with one attached hydrogen (secondary N) is 1. The van der Waals surface area contributed by atoms with E-state index >= 15 is 0 Å². The number of ether oxygens (including phenoxy) is 1. The fourth-order valence-electron chi connectivity index (χ4n) is 2.16. The van der Waals surface area contributed by atoms with Crippen molar-refractivity contribution in [2.45, 2.75) is 26.3 Å². The van der Waals surface area contributed by atoms with E-state index in [1.54, 1.807) is 0 Å². The molecule has 104 valence electrons. The molecule has 0 aliphatic carbocycles. The van der Waals surface area contributed by atoms with Gasteiger partial charge in [0.25, 0.3) is 0 Å². The van der Waals surface area contributed by atoms with Crippen LogP contribution in [0.1, 0.15) is 20.3 Å². The van der Waals surface area contributed by atoms with Gasteiger partial charge in [-0.2, -0.15) is 0 Å². The van der Waals surface area contributed by atoms with Gasteiger partial charge in [0.15, 0.2) is 5.17 Å². The van der Waals surface area contributed by atoms with Gasteiger partial charge in [0, 0.05) is 38.0 Å². The van der Waals surface area contributed by atoms with Crippen molar-refractivity contribution in [2.24, 2.45) is 10.9 Å². The number of aliphatic imine (C=N–C) groups is 1. The Morgan fingerprint density at radius 2 is 2.22 bits per heavy atom. The number of hydrogen-bond donors (Lipinski definition) is 1. The molecule has 2 saturated heterocycles. The molecule has 0 aromatic carbocycles. The van der Waals surface area contributed by atoms with Crippen LogP contribution < -0.4 is 5.32 Å². The van der Waals surface area contributed by atoms with Crippen molar-refractivity contribution < 1.29 is 4.74 Å². The summed E-state index contributed by atoms with van der Waals surface area (Å²) in [7, 11) is 0. The second-order valence-electron chi connectivity index (χ2n) is 5.30. The van der Waals surface area contributed by atoms with Crippen molar-refractivity contribution in [2.75, 3.05) is 45.1 Å². The first-order chi connectivity index (χ1) is 8.75. The summed E-state index contributed by atoms with van der Waals surface area (Å²) in [6.07, 6.45) is 1.15. The Morgan fingerprint density at radius 1 is 1.44 bits per heavy atom. The minimum atomic E-state index is 0.605. The minimum Gasteiger partial charge on any atom is -0.379 e. The molecular weight excluding hydrogens is 246 g/mol. The Hall–Kier alpha value is -0.260. The number of amidine groups is 1. The number of nitrogens with zero attached hydrogens (tertiary/aromatic N) is 2. The Bertz CT molecular complexity index is 277. The normalized spacial score (nSPS) is 27.9. The van der Waals surface area contributed by atoms with Gasteiger partial charge in [-0.1, -0.05) is 25.6 Å². The van der Waals surface area contributed by atoms with E-state index in [2.05, 4.69) is 29.1 Å². The van der Waals surface area contributed by atoms with Crippen molar-refractivity contribution >= 4 is 16.9 Å². The summed E-state index contributed by atoms with van der Waals surface area (Å²) in [5.41, 5.74) is 0. The summed E-state index contributed by atoms with van der Waals surface area (Å²) >= 11 is 1.87. The lowest BCUT2D eigenvalue weighted by molar-refractivity contribution is 0.0377. The summed E-state index contributed by atoms with van der Waals surface area (Å²) in [5, 5.41) is 4.66. The minimum absolute atomic E-state index is 0.605. The molecule has 0 aromatic rings. The summed E-state index contributed by atoms with van der Waals surface area (Å²) in [6.45, 7) is 10.6. The molecule has 0 unspecified atom stereocenters. The van der Waals surface area contributed by atoms with E-state index < -0.39 is 0 Å². The number of morpholine rings is 1. The third kappa shape index (κ3) is 4.44. The molecule has 0 bridgehead atoms. The van der Waals surface area contributed by atoms with Crippen LogP contribution in [-0.2, 0) is 4.74 Å². The molecule has 0 spiro atoms. The third-order valence-corrected chi connectivity index (χ3v) is 4.55. The summed E-state index contributed by atoms with van der Waals surface area (Å²) < 4.78 is 5.34. The molecule has 0 aromatic heterocycles. The number of thioether (sulfide) groups is 1. The maximum atomic E-state index is 5.34. The average Bonchev–Trinajstić information content (AvgIpc) is 2.85. The fourth-order valence-corrected chi connectivity index (χ4v) is 3.38. The summed E-state index contributed by atoms with van der Waals surface area (Å²) in [4.78, 5) is 7.12. The van der Waals surface area contributed by atoms with Gasteiger partial charge < -0.3 is 10.1 Å². The van der Waals surface area contributed by atoms with Crippen LogP contribution in [0.2, 0.25) is 0 Å². The maximum Gasteiger partial charge on any atom is 0.156 e. The largest absolute Gasteiger partial charge is 0.379 e. The van der Waals surface area contributed by atoms with Crippen LogP contribution in [0, 0.1) is 5.92 Å². The number of hydrogen-bond acceptors (Lipinski definition) is 4. The van der Waals surface area contributed by atoms with E-state index in [1.165, 1.54) is 5.75 Å². The highest BCUT2D eigenvalue weighted by Crippen LogP contribution is 2.18. The highest BCUT2D eigenvalue weighted by Gasteiger charge is 2.22. The zero-order chi connectivity index (χ0) is 12.8. The molecule has 5 heteroatoms. The van der Waals surface area contributed by atoms with Gasteiger partial charge in [-0.3, -0.25) is 9.89 Å². The topological polar surface area (TPSA) is 36.9 Å². The predicted molar refractivity (Wildman–Crippen MR) is 78.4 cm³/mol. The van der Waals surface area contributed by atoms with Crippen LogP contribution in [0.3, 0.4) is 0 Å². The van der Waals surface area contributed by atoms with Gasteiger partial charge in [-0.15, -0.1) is 0 Å². The molecule has 2 aliphatic heterocycles. The lowest BCUT2D eigenvalue weighted by Crippen LogP contribution is -2.37. The Balaban J connectivity index is 1.60. The third-order valence-electron chi connectivity index (χ3n) is 3.50. The second-order valence-corrected chi connectivity index (χ2v) is 6.31. The van der Waals surface area contributed by atoms with E-state index in [1.807, 2.05) is 11.8 Å². The van der Waals surface area contributed by atoms with Crippen LogP contribution in [0.5, 0.6) is 0 Å². The molecule has 0 amide bonds. The molecule has 2 rings (SSSR count). The van der Waals surface area contributed by atoms with E-state index in [0.717, 1.165) is 51.0 Å². The Labute approximate surface area is 115 Å². The van der Waals surface area contributed by atoms with Crippen LogP contribution in [0.15, 0.2) is 4.99 Å². The predicted octanol–water partition coefficient (Wildman–Crippen LogP) is 1.43. The second kappa shape index (κ2) is 7.36. The molecule has 18 heavy (non-hydrogen) atoms. The molecule has 2 fully saturated rings. The SMILES string of the molecule is CC(C)[C@H]1CSC(=NCCCN2CCOCC2)N1. The molecule has 1 atom stereocenters. The lowest BCUT2D eigenvalue weighted by Gasteiger charge is -2.26. The van der Waals surface area contributed by atoms with E-state index in [9.17, 15) is 0 Å². The van der Waals surface area contributed by atoms with Crippen LogP contribution >= 0.6 is 11.8 Å². The first-order valence-corrected chi connectivity index (χ1v) is 7.98. The first kappa shape index (κ1) is 14.2. The smallest absolute Gasteiger partial charge is 0.156 e. The van der Waals surface area contributed by atoms with E-state index in [4.69, 9.17) is 4.74 Å². The van der Waals surface area contributed by atoms with Crippen LogP contribution in [-0.4, -0.2) is 61.3 Å². The first-order valence-electron chi connectivity index (χ1n) is 6.99. The van der Waals surface area contributed by atoms with Crippen molar-refractivity contribution in [3.8, 4) is 0 Å². The van der Waals surface area contributed by atoms with E-state index in [-0.39, 0.29) is 0 Å². The summed E-state index contributed by atoms with van der Waals surface area (Å²) in [6, 6.07) is 0.605. The van der Waals surface area contributed by atoms with Crippen LogP contribution in [0.4, 0.5) is 0 Å². The molecule has 4 nitrogen and oxygen atoms in total.